The molecule has 2 aromatic carbocycles. The molecule has 2 aromatic rings. The summed E-state index contributed by atoms with van der Waals surface area (Å²) in [5, 5.41) is 0. The fourth-order valence-corrected chi connectivity index (χ4v) is 2.69. The number of carbonyl (C=O) groups excluding carboxylic acids is 1. The van der Waals surface area contributed by atoms with Gasteiger partial charge in [0.25, 0.3) is 0 Å². The molecule has 0 bridgehead atoms. The van der Waals surface area contributed by atoms with Crippen LogP contribution in [0.4, 0.5) is 0 Å². The Kier molecular flexibility index (Phi) is 3.38. The molecule has 0 fully saturated rings. The maximum atomic E-state index is 12.5. The molecule has 2 heteroatoms. The van der Waals surface area contributed by atoms with Gasteiger partial charge in [-0.3, -0.25) is 4.79 Å². The van der Waals surface area contributed by atoms with Crippen LogP contribution in [0.3, 0.4) is 0 Å². The molecule has 0 aliphatic heterocycles. The molecule has 1 atom stereocenters. The summed E-state index contributed by atoms with van der Waals surface area (Å²) in [5.74, 6) is 0.935. The average Bonchev–Trinajstić information content (AvgIpc) is 2.90. The van der Waals surface area contributed by atoms with Crippen LogP contribution in [0.2, 0.25) is 0 Å². The number of hydrogen-bond acceptors (Lipinski definition) is 2. The van der Waals surface area contributed by atoms with Crippen molar-refractivity contribution in [3.05, 3.63) is 71.3 Å². The molecule has 1 unspecified atom stereocenters. The second-order valence-corrected chi connectivity index (χ2v) is 4.92. The number of carbonyl (C=O) groups is 1. The van der Waals surface area contributed by atoms with Crippen molar-refractivity contribution < 1.29 is 9.53 Å². The number of methoxy groups -OCH3 is 1. The third-order valence-electron chi connectivity index (χ3n) is 3.72. The van der Waals surface area contributed by atoms with E-state index in [1.54, 1.807) is 7.11 Å². The van der Waals surface area contributed by atoms with Gasteiger partial charge >= 0.3 is 0 Å². The smallest absolute Gasteiger partial charge is 0.167 e. The summed E-state index contributed by atoms with van der Waals surface area (Å²) < 4.78 is 5.26. The van der Waals surface area contributed by atoms with E-state index in [0.29, 0.717) is 17.7 Å². The van der Waals surface area contributed by atoms with Crippen molar-refractivity contribution in [3.8, 4) is 5.75 Å². The van der Waals surface area contributed by atoms with E-state index in [1.807, 2.05) is 36.4 Å². The van der Waals surface area contributed by atoms with Crippen LogP contribution >= 0.6 is 0 Å². The molecule has 100 valence electrons. The van der Waals surface area contributed by atoms with Crippen LogP contribution in [-0.2, 0) is 0 Å². The summed E-state index contributed by atoms with van der Waals surface area (Å²) in [6.07, 6.45) is 4.68. The number of benzene rings is 2. The number of Topliss-reactive ketones (excluding diaryl/α,β-unsaturated/α-hetero) is 1. The number of fused-ring (bicyclic) bond motifs is 1. The van der Waals surface area contributed by atoms with E-state index in [1.165, 1.54) is 11.1 Å². The largest absolute Gasteiger partial charge is 0.496 e. The molecule has 0 N–H and O–H groups in total. The Bertz CT molecular complexity index is 671. The minimum absolute atomic E-state index is 0.119. The van der Waals surface area contributed by atoms with E-state index in [4.69, 9.17) is 4.74 Å². The molecular weight excluding hydrogens is 248 g/mol. The zero-order valence-electron chi connectivity index (χ0n) is 11.4. The predicted octanol–water partition coefficient (Wildman–Crippen LogP) is 4.08. The Morgan fingerprint density at radius 3 is 2.70 bits per heavy atom. The lowest BCUT2D eigenvalue weighted by Gasteiger charge is -2.12. The highest BCUT2D eigenvalue weighted by atomic mass is 16.5. The molecule has 20 heavy (non-hydrogen) atoms. The number of rotatable bonds is 4. The summed E-state index contributed by atoms with van der Waals surface area (Å²) in [7, 11) is 1.59. The van der Waals surface area contributed by atoms with Gasteiger partial charge in [0.05, 0.1) is 12.7 Å². The van der Waals surface area contributed by atoms with E-state index >= 15 is 0 Å². The van der Waals surface area contributed by atoms with Gasteiger partial charge < -0.3 is 4.74 Å². The van der Waals surface area contributed by atoms with Crippen LogP contribution in [0, 0.1) is 0 Å². The first-order valence-corrected chi connectivity index (χ1v) is 6.73. The van der Waals surface area contributed by atoms with Crippen LogP contribution in [0.25, 0.3) is 6.08 Å². The lowest BCUT2D eigenvalue weighted by atomic mass is 9.93. The van der Waals surface area contributed by atoms with Crippen molar-refractivity contribution in [3.63, 3.8) is 0 Å². The standard InChI is InChI=1S/C18H16O2/c1-20-18-9-5-4-8-16(18)17(19)12-14-11-10-13-6-2-3-7-15(13)14/h2-11,14H,12H2,1H3. The third kappa shape index (κ3) is 2.25. The topological polar surface area (TPSA) is 26.3 Å². The normalized spacial score (nSPS) is 15.9. The van der Waals surface area contributed by atoms with Crippen LogP contribution in [-0.4, -0.2) is 12.9 Å². The van der Waals surface area contributed by atoms with E-state index in [9.17, 15) is 4.79 Å². The summed E-state index contributed by atoms with van der Waals surface area (Å²) >= 11 is 0. The van der Waals surface area contributed by atoms with E-state index in [-0.39, 0.29) is 11.7 Å². The van der Waals surface area contributed by atoms with Gasteiger partial charge in [0.2, 0.25) is 0 Å². The quantitative estimate of drug-likeness (QED) is 0.778. The monoisotopic (exact) mass is 264 g/mol. The van der Waals surface area contributed by atoms with Crippen molar-refractivity contribution in [1.29, 1.82) is 0 Å². The second-order valence-electron chi connectivity index (χ2n) is 4.92. The van der Waals surface area contributed by atoms with Gasteiger partial charge in [-0.25, -0.2) is 0 Å². The van der Waals surface area contributed by atoms with E-state index < -0.39 is 0 Å². The van der Waals surface area contributed by atoms with Crippen molar-refractivity contribution >= 4 is 11.9 Å². The van der Waals surface area contributed by atoms with Gasteiger partial charge in [-0.2, -0.15) is 0 Å². The Hall–Kier alpha value is -2.35. The fourth-order valence-electron chi connectivity index (χ4n) is 2.69. The first kappa shape index (κ1) is 12.7. The Morgan fingerprint density at radius 2 is 1.85 bits per heavy atom. The first-order chi connectivity index (χ1) is 9.79. The summed E-state index contributed by atoms with van der Waals surface area (Å²) in [5.41, 5.74) is 3.11. The average molecular weight is 264 g/mol. The Balaban J connectivity index is 1.83. The van der Waals surface area contributed by atoms with Crippen LogP contribution in [0.5, 0.6) is 5.75 Å². The SMILES string of the molecule is COc1ccccc1C(=O)CC1C=Cc2ccccc21. The molecule has 0 amide bonds. The van der Waals surface area contributed by atoms with Crippen LogP contribution in [0.15, 0.2) is 54.6 Å². The lowest BCUT2D eigenvalue weighted by molar-refractivity contribution is 0.0976. The minimum Gasteiger partial charge on any atom is -0.496 e. The number of ether oxygens (including phenoxy) is 1. The molecule has 0 heterocycles. The molecule has 0 saturated carbocycles. The third-order valence-corrected chi connectivity index (χ3v) is 3.72. The van der Waals surface area contributed by atoms with Crippen molar-refractivity contribution in [2.45, 2.75) is 12.3 Å². The fraction of sp³-hybridized carbons (Fsp3) is 0.167. The maximum absolute atomic E-state index is 12.5. The lowest BCUT2D eigenvalue weighted by Crippen LogP contribution is -2.06. The van der Waals surface area contributed by atoms with Crippen LogP contribution < -0.4 is 4.74 Å². The highest BCUT2D eigenvalue weighted by Gasteiger charge is 2.21. The van der Waals surface area contributed by atoms with E-state index in [2.05, 4.69) is 24.3 Å². The molecule has 1 aliphatic carbocycles. The van der Waals surface area contributed by atoms with Gasteiger partial charge in [-0.15, -0.1) is 0 Å². The number of ketones is 1. The molecule has 0 spiro atoms. The highest BCUT2D eigenvalue weighted by molar-refractivity contribution is 5.99. The second kappa shape index (κ2) is 5.33. The molecule has 0 saturated heterocycles. The molecule has 3 rings (SSSR count). The number of para-hydroxylation sites is 1. The van der Waals surface area contributed by atoms with Crippen molar-refractivity contribution in [1.82, 2.24) is 0 Å². The predicted molar refractivity (Wildman–Crippen MR) is 80.2 cm³/mol. The zero-order valence-corrected chi connectivity index (χ0v) is 11.4. The maximum Gasteiger partial charge on any atom is 0.167 e. The van der Waals surface area contributed by atoms with Gasteiger partial charge in [0.1, 0.15) is 5.75 Å². The molecule has 0 radical (unpaired) electrons. The van der Waals surface area contributed by atoms with E-state index in [0.717, 1.165) is 0 Å². The van der Waals surface area contributed by atoms with Crippen LogP contribution in [0.1, 0.15) is 33.8 Å². The molecule has 0 aromatic heterocycles. The summed E-state index contributed by atoms with van der Waals surface area (Å²) in [4.78, 5) is 12.5. The van der Waals surface area contributed by atoms with Gasteiger partial charge in [0, 0.05) is 12.3 Å². The van der Waals surface area contributed by atoms with Gasteiger partial charge in [0.15, 0.2) is 5.78 Å². The zero-order chi connectivity index (χ0) is 13.9. The minimum atomic E-state index is 0.119. The Labute approximate surface area is 118 Å². The summed E-state index contributed by atoms with van der Waals surface area (Å²) in [6.45, 7) is 0. The van der Waals surface area contributed by atoms with Crippen molar-refractivity contribution in [2.75, 3.05) is 7.11 Å². The highest BCUT2D eigenvalue weighted by Crippen LogP contribution is 2.34. The van der Waals surface area contributed by atoms with Gasteiger partial charge in [-0.1, -0.05) is 48.6 Å². The molecule has 2 nitrogen and oxygen atoms in total. The first-order valence-electron chi connectivity index (χ1n) is 6.73. The van der Waals surface area contributed by atoms with Gasteiger partial charge in [-0.05, 0) is 23.3 Å². The Morgan fingerprint density at radius 1 is 1.10 bits per heavy atom. The number of hydrogen-bond donors (Lipinski definition) is 0. The molecular formula is C18H16O2. The molecule has 1 aliphatic rings. The van der Waals surface area contributed by atoms with Crippen molar-refractivity contribution in [2.24, 2.45) is 0 Å². The summed E-state index contributed by atoms with van der Waals surface area (Å²) in [6, 6.07) is 15.6. The number of allylic oxidation sites excluding steroid dienone is 1.